The molecule has 0 aromatic heterocycles. The van der Waals surface area contributed by atoms with Crippen molar-refractivity contribution in [2.75, 3.05) is 4.90 Å². The first-order valence-corrected chi connectivity index (χ1v) is 8.76. The average molecular weight is 368 g/mol. The van der Waals surface area contributed by atoms with E-state index in [1.807, 2.05) is 37.3 Å². The quantitative estimate of drug-likeness (QED) is 0.615. The molecular weight excluding hydrogens is 354 g/mol. The Kier molecular flexibility index (Phi) is 4.74. The third-order valence-electron chi connectivity index (χ3n) is 3.97. The van der Waals surface area contributed by atoms with E-state index in [-0.39, 0.29) is 11.5 Å². The van der Waals surface area contributed by atoms with Gasteiger partial charge in [-0.25, -0.2) is 0 Å². The number of benzene rings is 2. The number of carboxylic acid groups (broad SMARTS) is 1. The fourth-order valence-electron chi connectivity index (χ4n) is 2.55. The van der Waals surface area contributed by atoms with Gasteiger partial charge in [0.1, 0.15) is 0 Å². The molecule has 4 nitrogen and oxygen atoms in total. The lowest BCUT2D eigenvalue weighted by Crippen LogP contribution is -2.29. The summed E-state index contributed by atoms with van der Waals surface area (Å²) in [5.74, 6) is -1.54. The van der Waals surface area contributed by atoms with Crippen LogP contribution in [0.5, 0.6) is 0 Å². The minimum Gasteiger partial charge on any atom is -0.545 e. The van der Waals surface area contributed by atoms with Gasteiger partial charge in [-0.15, -0.1) is 0 Å². The van der Waals surface area contributed by atoms with Crippen molar-refractivity contribution >= 4 is 51.9 Å². The zero-order valence-corrected chi connectivity index (χ0v) is 15.2. The summed E-state index contributed by atoms with van der Waals surface area (Å²) < 4.78 is 0.373. The van der Waals surface area contributed by atoms with Gasteiger partial charge in [0.25, 0.3) is 5.91 Å². The summed E-state index contributed by atoms with van der Waals surface area (Å²) in [6.45, 7) is 3.65. The number of carbonyl (C=O) groups excluding carboxylic acids is 2. The maximum Gasteiger partial charge on any atom is 0.270 e. The van der Waals surface area contributed by atoms with Crippen LogP contribution in [0.1, 0.15) is 27.0 Å². The molecule has 0 unspecified atom stereocenters. The molecule has 0 aliphatic carbocycles. The van der Waals surface area contributed by atoms with Gasteiger partial charge in [-0.05, 0) is 48.7 Å². The summed E-state index contributed by atoms with van der Waals surface area (Å²) in [5, 5.41) is 11.2. The van der Waals surface area contributed by atoms with Crippen LogP contribution in [0.2, 0.25) is 0 Å². The highest BCUT2D eigenvalue weighted by molar-refractivity contribution is 8.27. The number of carboxylic acids is 1. The van der Waals surface area contributed by atoms with Gasteiger partial charge in [0.2, 0.25) is 0 Å². The topological polar surface area (TPSA) is 60.4 Å². The van der Waals surface area contributed by atoms with E-state index in [9.17, 15) is 14.7 Å². The van der Waals surface area contributed by atoms with Crippen LogP contribution in [0.3, 0.4) is 0 Å². The molecule has 6 heteroatoms. The standard InChI is InChI=1S/C19H15NO3S2/c1-11-5-3-4-6-13(11)9-16-17(21)20(19(24)25-16)14-8-7-12(2)15(10-14)18(22)23/h3-10H,1-2H3,(H,22,23)/p-1/b16-9-. The van der Waals surface area contributed by atoms with Gasteiger partial charge in [-0.3, -0.25) is 9.69 Å². The maximum absolute atomic E-state index is 12.8. The van der Waals surface area contributed by atoms with Crippen LogP contribution in [0, 0.1) is 13.8 Å². The van der Waals surface area contributed by atoms with E-state index in [1.165, 1.54) is 22.7 Å². The highest BCUT2D eigenvalue weighted by Gasteiger charge is 2.33. The average Bonchev–Trinajstić information content (AvgIpc) is 2.84. The second-order valence-electron chi connectivity index (χ2n) is 5.66. The minimum absolute atomic E-state index is 0.0504. The van der Waals surface area contributed by atoms with E-state index >= 15 is 0 Å². The zero-order chi connectivity index (χ0) is 18.1. The Labute approximate surface area is 155 Å². The predicted molar refractivity (Wildman–Crippen MR) is 102 cm³/mol. The summed E-state index contributed by atoms with van der Waals surface area (Å²) in [6, 6.07) is 12.5. The molecule has 1 saturated heterocycles. The number of aromatic carboxylic acids is 1. The zero-order valence-electron chi connectivity index (χ0n) is 13.6. The lowest BCUT2D eigenvalue weighted by molar-refractivity contribution is -0.255. The van der Waals surface area contributed by atoms with Crippen LogP contribution in [-0.4, -0.2) is 16.2 Å². The Balaban J connectivity index is 1.99. The molecule has 0 atom stereocenters. The predicted octanol–water partition coefficient (Wildman–Crippen LogP) is 3.07. The number of anilines is 1. The number of rotatable bonds is 3. The highest BCUT2D eigenvalue weighted by Crippen LogP contribution is 2.36. The van der Waals surface area contributed by atoms with Crippen LogP contribution >= 0.6 is 24.0 Å². The molecule has 3 rings (SSSR count). The van der Waals surface area contributed by atoms with Crippen molar-refractivity contribution in [1.29, 1.82) is 0 Å². The Morgan fingerprint density at radius 3 is 2.56 bits per heavy atom. The fraction of sp³-hybridized carbons (Fsp3) is 0.105. The number of thiocarbonyl (C=S) groups is 1. The van der Waals surface area contributed by atoms with E-state index in [1.54, 1.807) is 19.1 Å². The van der Waals surface area contributed by atoms with E-state index < -0.39 is 5.97 Å². The third kappa shape index (κ3) is 3.36. The molecule has 1 aliphatic rings. The Morgan fingerprint density at radius 2 is 1.88 bits per heavy atom. The number of hydrogen-bond acceptors (Lipinski definition) is 5. The molecule has 2 aromatic rings. The molecule has 1 heterocycles. The smallest absolute Gasteiger partial charge is 0.270 e. The molecule has 1 fully saturated rings. The third-order valence-corrected chi connectivity index (χ3v) is 5.27. The molecule has 0 N–H and O–H groups in total. The lowest BCUT2D eigenvalue weighted by Gasteiger charge is -2.17. The number of nitrogens with zero attached hydrogens (tertiary/aromatic N) is 1. The van der Waals surface area contributed by atoms with Crippen LogP contribution in [0.4, 0.5) is 5.69 Å². The van der Waals surface area contributed by atoms with Crippen LogP contribution < -0.4 is 10.0 Å². The van der Waals surface area contributed by atoms with Crippen molar-refractivity contribution in [3.63, 3.8) is 0 Å². The molecule has 0 saturated carbocycles. The van der Waals surface area contributed by atoms with Gasteiger partial charge in [-0.1, -0.05) is 54.3 Å². The van der Waals surface area contributed by atoms with Crippen molar-refractivity contribution in [2.24, 2.45) is 0 Å². The van der Waals surface area contributed by atoms with Gasteiger partial charge in [0, 0.05) is 5.56 Å². The van der Waals surface area contributed by atoms with Gasteiger partial charge < -0.3 is 9.90 Å². The minimum atomic E-state index is -1.28. The van der Waals surface area contributed by atoms with Gasteiger partial charge in [0.15, 0.2) is 4.32 Å². The molecule has 0 radical (unpaired) electrons. The second-order valence-corrected chi connectivity index (χ2v) is 7.34. The number of amides is 1. The molecule has 1 aliphatic heterocycles. The summed E-state index contributed by atoms with van der Waals surface area (Å²) in [4.78, 5) is 25.9. The normalized spacial score (nSPS) is 15.9. The van der Waals surface area contributed by atoms with E-state index in [0.29, 0.717) is 20.5 Å². The summed E-state index contributed by atoms with van der Waals surface area (Å²) in [5.41, 5.74) is 3.06. The second kappa shape index (κ2) is 6.82. The summed E-state index contributed by atoms with van der Waals surface area (Å²) in [6.07, 6.45) is 1.81. The van der Waals surface area contributed by atoms with Crippen molar-refractivity contribution in [3.8, 4) is 0 Å². The Bertz CT molecular complexity index is 934. The first-order valence-electron chi connectivity index (χ1n) is 7.54. The van der Waals surface area contributed by atoms with Crippen LogP contribution in [0.25, 0.3) is 6.08 Å². The van der Waals surface area contributed by atoms with Crippen LogP contribution in [0.15, 0.2) is 47.4 Å². The maximum atomic E-state index is 12.8. The molecule has 0 spiro atoms. The van der Waals surface area contributed by atoms with E-state index in [4.69, 9.17) is 12.2 Å². The lowest BCUT2D eigenvalue weighted by atomic mass is 10.1. The van der Waals surface area contributed by atoms with Crippen molar-refractivity contribution < 1.29 is 14.7 Å². The van der Waals surface area contributed by atoms with Crippen LogP contribution in [-0.2, 0) is 4.79 Å². The molecular formula is C19H14NO3S2-. The van der Waals surface area contributed by atoms with Gasteiger partial charge >= 0.3 is 0 Å². The van der Waals surface area contributed by atoms with E-state index in [2.05, 4.69) is 0 Å². The number of aryl methyl sites for hydroxylation is 2. The highest BCUT2D eigenvalue weighted by atomic mass is 32.2. The van der Waals surface area contributed by atoms with Crippen molar-refractivity contribution in [2.45, 2.75) is 13.8 Å². The molecule has 25 heavy (non-hydrogen) atoms. The SMILES string of the molecule is Cc1ccccc1/C=C1\SC(=S)N(c2ccc(C)c(C(=O)[O-])c2)C1=O. The van der Waals surface area contributed by atoms with Gasteiger partial charge in [-0.2, -0.15) is 0 Å². The molecule has 1 amide bonds. The largest absolute Gasteiger partial charge is 0.545 e. The first-order chi connectivity index (χ1) is 11.9. The van der Waals surface area contributed by atoms with Crippen molar-refractivity contribution in [1.82, 2.24) is 0 Å². The fourth-order valence-corrected chi connectivity index (χ4v) is 3.84. The monoisotopic (exact) mass is 368 g/mol. The summed E-state index contributed by atoms with van der Waals surface area (Å²) in [7, 11) is 0. The Hall–Kier alpha value is -2.44. The number of carbonyl (C=O) groups is 2. The summed E-state index contributed by atoms with van der Waals surface area (Å²) >= 11 is 6.54. The first kappa shape index (κ1) is 17.4. The van der Waals surface area contributed by atoms with E-state index in [0.717, 1.165) is 11.1 Å². The van der Waals surface area contributed by atoms with Gasteiger partial charge in [0.05, 0.1) is 16.6 Å². The number of hydrogen-bond donors (Lipinski definition) is 0. The Morgan fingerprint density at radius 1 is 1.16 bits per heavy atom. The number of thioether (sulfide) groups is 1. The molecule has 2 aromatic carbocycles. The molecule has 126 valence electrons. The molecule has 0 bridgehead atoms. The van der Waals surface area contributed by atoms with Crippen molar-refractivity contribution in [3.05, 3.63) is 69.6 Å².